The molecule has 154 valence electrons. The minimum atomic E-state index is -0.304. The van der Waals surface area contributed by atoms with Crippen LogP contribution in [0, 0.1) is 11.7 Å². The van der Waals surface area contributed by atoms with E-state index < -0.39 is 0 Å². The fraction of sp³-hybridized carbons (Fsp3) is 0.364. The molecule has 0 bridgehead atoms. The average molecular weight is 399 g/mol. The zero-order valence-electron chi connectivity index (χ0n) is 16.3. The van der Waals surface area contributed by atoms with Crippen LogP contribution in [0.1, 0.15) is 19.3 Å². The molecule has 6 nitrogen and oxygen atoms in total. The molecule has 3 rings (SSSR count). The van der Waals surface area contributed by atoms with Crippen LogP contribution in [0.2, 0.25) is 0 Å². The van der Waals surface area contributed by atoms with Crippen LogP contribution < -0.4 is 15.4 Å². The molecule has 0 aliphatic carbocycles. The SMILES string of the molecule is O=C(Nc1ccccc1)C1CCCN(C(=O)NCCCOc2ccc(F)cc2)C1. The van der Waals surface area contributed by atoms with Crippen LogP contribution >= 0.6 is 0 Å². The zero-order valence-corrected chi connectivity index (χ0v) is 16.3. The number of anilines is 1. The molecule has 1 saturated heterocycles. The molecule has 2 N–H and O–H groups in total. The van der Waals surface area contributed by atoms with Gasteiger partial charge in [0, 0.05) is 25.3 Å². The number of carbonyl (C=O) groups excluding carboxylic acids is 2. The number of urea groups is 1. The van der Waals surface area contributed by atoms with Gasteiger partial charge in [-0.3, -0.25) is 4.79 Å². The second-order valence-electron chi connectivity index (χ2n) is 7.03. The smallest absolute Gasteiger partial charge is 0.317 e. The Morgan fingerprint density at radius 2 is 1.86 bits per heavy atom. The summed E-state index contributed by atoms with van der Waals surface area (Å²) in [6.45, 7) is 1.95. The average Bonchev–Trinajstić information content (AvgIpc) is 2.75. The van der Waals surface area contributed by atoms with Crippen molar-refractivity contribution in [1.29, 1.82) is 0 Å². The van der Waals surface area contributed by atoms with Crippen LogP contribution in [0.4, 0.5) is 14.9 Å². The number of amides is 3. The first-order valence-corrected chi connectivity index (χ1v) is 9.89. The van der Waals surface area contributed by atoms with Gasteiger partial charge in [-0.25, -0.2) is 9.18 Å². The summed E-state index contributed by atoms with van der Waals surface area (Å²) >= 11 is 0. The highest BCUT2D eigenvalue weighted by Crippen LogP contribution is 2.19. The van der Waals surface area contributed by atoms with E-state index in [9.17, 15) is 14.0 Å². The van der Waals surface area contributed by atoms with Gasteiger partial charge in [0.1, 0.15) is 11.6 Å². The highest BCUT2D eigenvalue weighted by Gasteiger charge is 2.28. The molecule has 1 heterocycles. The number of para-hydroxylation sites is 1. The summed E-state index contributed by atoms with van der Waals surface area (Å²) in [5, 5.41) is 5.78. The zero-order chi connectivity index (χ0) is 20.5. The van der Waals surface area contributed by atoms with E-state index in [-0.39, 0.29) is 23.7 Å². The van der Waals surface area contributed by atoms with Crippen molar-refractivity contribution in [2.75, 3.05) is 31.6 Å². The van der Waals surface area contributed by atoms with Crippen molar-refractivity contribution >= 4 is 17.6 Å². The molecular weight excluding hydrogens is 373 g/mol. The van der Waals surface area contributed by atoms with Crippen LogP contribution in [0.5, 0.6) is 5.75 Å². The Balaban J connectivity index is 1.36. The molecule has 0 saturated carbocycles. The van der Waals surface area contributed by atoms with Gasteiger partial charge in [0.25, 0.3) is 0 Å². The van der Waals surface area contributed by atoms with E-state index in [2.05, 4.69) is 10.6 Å². The normalized spacial score (nSPS) is 16.2. The van der Waals surface area contributed by atoms with Gasteiger partial charge < -0.3 is 20.3 Å². The van der Waals surface area contributed by atoms with Gasteiger partial charge in [-0.05, 0) is 55.7 Å². The number of piperidine rings is 1. The molecule has 2 aromatic rings. The number of carbonyl (C=O) groups is 2. The summed E-state index contributed by atoms with van der Waals surface area (Å²) in [6, 6.07) is 15.0. The molecule has 0 radical (unpaired) electrons. The minimum absolute atomic E-state index is 0.0543. The summed E-state index contributed by atoms with van der Waals surface area (Å²) in [6.07, 6.45) is 2.21. The first kappa shape index (κ1) is 20.6. The standard InChI is InChI=1S/C22H26FN3O3/c23-18-9-11-20(12-10-18)29-15-5-13-24-22(28)26-14-4-6-17(16-26)21(27)25-19-7-2-1-3-8-19/h1-3,7-12,17H,4-6,13-16H2,(H,24,28)(H,25,27). The molecule has 0 aromatic heterocycles. The number of nitrogens with zero attached hydrogens (tertiary/aromatic N) is 1. The van der Waals surface area contributed by atoms with Gasteiger partial charge in [-0.15, -0.1) is 0 Å². The Morgan fingerprint density at radius 1 is 1.10 bits per heavy atom. The first-order chi connectivity index (χ1) is 14.1. The number of nitrogens with one attached hydrogen (secondary N) is 2. The quantitative estimate of drug-likeness (QED) is 0.698. The number of ether oxygens (including phenoxy) is 1. The van der Waals surface area contributed by atoms with Crippen molar-refractivity contribution in [2.45, 2.75) is 19.3 Å². The number of likely N-dealkylation sites (tertiary alicyclic amines) is 1. The molecule has 1 aliphatic heterocycles. The maximum absolute atomic E-state index is 12.8. The Hall–Kier alpha value is -3.09. The molecule has 7 heteroatoms. The van der Waals surface area contributed by atoms with Gasteiger partial charge in [0.05, 0.1) is 12.5 Å². The number of halogens is 1. The molecule has 29 heavy (non-hydrogen) atoms. The van der Waals surface area contributed by atoms with Crippen molar-refractivity contribution < 1.29 is 18.7 Å². The number of hydrogen-bond acceptors (Lipinski definition) is 3. The largest absolute Gasteiger partial charge is 0.494 e. The third-order valence-corrected chi connectivity index (χ3v) is 4.80. The Kier molecular flexibility index (Phi) is 7.44. The van der Waals surface area contributed by atoms with Crippen LogP contribution in [0.3, 0.4) is 0 Å². The molecule has 1 aliphatic rings. The van der Waals surface area contributed by atoms with Gasteiger partial charge in [0.15, 0.2) is 0 Å². The molecule has 1 fully saturated rings. The lowest BCUT2D eigenvalue weighted by Gasteiger charge is -2.32. The van der Waals surface area contributed by atoms with E-state index in [1.165, 1.54) is 12.1 Å². The van der Waals surface area contributed by atoms with Gasteiger partial charge in [0.2, 0.25) is 5.91 Å². The number of benzene rings is 2. The molecule has 3 amide bonds. The summed E-state index contributed by atoms with van der Waals surface area (Å²) in [4.78, 5) is 26.6. The lowest BCUT2D eigenvalue weighted by Crippen LogP contribution is -2.48. The van der Waals surface area contributed by atoms with E-state index in [0.717, 1.165) is 18.5 Å². The Labute approximate surface area is 170 Å². The molecular formula is C22H26FN3O3. The monoisotopic (exact) mass is 399 g/mol. The van der Waals surface area contributed by atoms with Crippen LogP contribution in [-0.2, 0) is 4.79 Å². The van der Waals surface area contributed by atoms with Crippen LogP contribution in [-0.4, -0.2) is 43.1 Å². The van der Waals surface area contributed by atoms with E-state index >= 15 is 0 Å². The summed E-state index contributed by atoms with van der Waals surface area (Å²) in [7, 11) is 0. The lowest BCUT2D eigenvalue weighted by molar-refractivity contribution is -0.121. The number of hydrogen-bond donors (Lipinski definition) is 2. The maximum Gasteiger partial charge on any atom is 0.317 e. The summed E-state index contributed by atoms with van der Waals surface area (Å²) in [5.41, 5.74) is 0.764. The minimum Gasteiger partial charge on any atom is -0.494 e. The van der Waals surface area contributed by atoms with Crippen molar-refractivity contribution in [3.63, 3.8) is 0 Å². The fourth-order valence-corrected chi connectivity index (χ4v) is 3.24. The third kappa shape index (κ3) is 6.48. The lowest BCUT2D eigenvalue weighted by atomic mass is 9.97. The van der Waals surface area contributed by atoms with E-state index in [1.54, 1.807) is 17.0 Å². The highest BCUT2D eigenvalue weighted by atomic mass is 19.1. The molecule has 1 atom stereocenters. The Morgan fingerprint density at radius 3 is 2.62 bits per heavy atom. The molecule has 0 spiro atoms. The van der Waals surface area contributed by atoms with Crippen molar-refractivity contribution in [2.24, 2.45) is 5.92 Å². The van der Waals surface area contributed by atoms with E-state index in [0.29, 0.717) is 38.4 Å². The molecule has 2 aromatic carbocycles. The van der Waals surface area contributed by atoms with Crippen LogP contribution in [0.25, 0.3) is 0 Å². The fourth-order valence-electron chi connectivity index (χ4n) is 3.24. The first-order valence-electron chi connectivity index (χ1n) is 9.89. The predicted octanol–water partition coefficient (Wildman–Crippen LogP) is 3.65. The van der Waals surface area contributed by atoms with Crippen molar-refractivity contribution in [3.8, 4) is 5.75 Å². The second kappa shape index (κ2) is 10.5. The molecule has 1 unspecified atom stereocenters. The van der Waals surface area contributed by atoms with Crippen molar-refractivity contribution in [3.05, 3.63) is 60.4 Å². The van der Waals surface area contributed by atoms with Crippen molar-refractivity contribution in [1.82, 2.24) is 10.2 Å². The summed E-state index contributed by atoms with van der Waals surface area (Å²) < 4.78 is 18.4. The number of rotatable bonds is 7. The van der Waals surface area contributed by atoms with Crippen LogP contribution in [0.15, 0.2) is 54.6 Å². The third-order valence-electron chi connectivity index (χ3n) is 4.80. The Bertz CT molecular complexity index is 799. The predicted molar refractivity (Wildman–Crippen MR) is 109 cm³/mol. The summed E-state index contributed by atoms with van der Waals surface area (Å²) in [5.74, 6) is 0.0286. The maximum atomic E-state index is 12.8. The van der Waals surface area contributed by atoms with Gasteiger partial charge in [-0.2, -0.15) is 0 Å². The second-order valence-corrected chi connectivity index (χ2v) is 7.03. The van der Waals surface area contributed by atoms with Gasteiger partial charge >= 0.3 is 6.03 Å². The van der Waals surface area contributed by atoms with E-state index in [1.807, 2.05) is 30.3 Å². The van der Waals surface area contributed by atoms with Gasteiger partial charge in [-0.1, -0.05) is 18.2 Å². The van der Waals surface area contributed by atoms with E-state index in [4.69, 9.17) is 4.74 Å². The topological polar surface area (TPSA) is 70.7 Å². The highest BCUT2D eigenvalue weighted by molar-refractivity contribution is 5.93.